The first kappa shape index (κ1) is 13.3. The molecule has 2 nitrogen and oxygen atoms in total. The summed E-state index contributed by atoms with van der Waals surface area (Å²) in [5.41, 5.74) is 7.97. The molecule has 0 atom stereocenters. The second-order valence-corrected chi connectivity index (χ2v) is 4.61. The summed E-state index contributed by atoms with van der Waals surface area (Å²) in [5.74, 6) is 0.815. The maximum atomic E-state index is 7.03. The lowest BCUT2D eigenvalue weighted by Gasteiger charge is -1.98. The molecular weight excluding hydrogens is 192 g/mol. The molecule has 3 heteroatoms. The molecule has 0 rings (SSSR count). The number of hydrogen-bond donors (Lipinski definition) is 2. The molecule has 0 aliphatic heterocycles. The third-order valence-electron chi connectivity index (χ3n) is 1.76. The molecule has 0 aliphatic rings. The van der Waals surface area contributed by atoms with Crippen LogP contribution < -0.4 is 5.73 Å². The van der Waals surface area contributed by atoms with E-state index in [0.717, 1.165) is 18.6 Å². The number of nitrogens with two attached hydrogens (primary N) is 1. The van der Waals surface area contributed by atoms with Crippen molar-refractivity contribution < 1.29 is 0 Å². The fourth-order valence-corrected chi connectivity index (χ4v) is 1.51. The molecule has 0 spiro atoms. The first-order valence-electron chi connectivity index (χ1n) is 4.78. The van der Waals surface area contributed by atoms with Gasteiger partial charge in [-0.15, -0.1) is 0 Å². The maximum Gasteiger partial charge on any atom is 0.151 e. The average Bonchev–Trinajstić information content (AvgIpc) is 2.02. The number of allylic oxidation sites excluding steroid dienone is 3. The summed E-state index contributed by atoms with van der Waals surface area (Å²) < 4.78 is 0. The molecule has 0 aromatic heterocycles. The van der Waals surface area contributed by atoms with Gasteiger partial charge in [0.25, 0.3) is 0 Å². The number of nitrogens with one attached hydrogen (secondary N) is 1. The largest absolute Gasteiger partial charge is 0.379 e. The van der Waals surface area contributed by atoms with E-state index in [1.807, 2.05) is 0 Å². The Morgan fingerprint density at radius 1 is 1.29 bits per heavy atom. The zero-order valence-corrected chi connectivity index (χ0v) is 10.1. The normalized spacial score (nSPS) is 11.2. The molecule has 0 unspecified atom stereocenters. The van der Waals surface area contributed by atoms with E-state index in [4.69, 9.17) is 11.1 Å². The highest BCUT2D eigenvalue weighted by molar-refractivity contribution is 8.13. The smallest absolute Gasteiger partial charge is 0.151 e. The number of hydrogen-bond acceptors (Lipinski definition) is 2. The minimum Gasteiger partial charge on any atom is -0.379 e. The Morgan fingerprint density at radius 3 is 2.43 bits per heavy atom. The predicted octanol–water partition coefficient (Wildman–Crippen LogP) is 3.31. The minimum absolute atomic E-state index is 0.193. The molecule has 0 aliphatic carbocycles. The van der Waals surface area contributed by atoms with E-state index in [1.165, 1.54) is 22.9 Å². The molecule has 0 radical (unpaired) electrons. The van der Waals surface area contributed by atoms with E-state index in [9.17, 15) is 0 Å². The quantitative estimate of drug-likeness (QED) is 0.417. The Kier molecular flexibility index (Phi) is 7.30. The van der Waals surface area contributed by atoms with Gasteiger partial charge >= 0.3 is 0 Å². The monoisotopic (exact) mass is 212 g/mol. The molecule has 80 valence electrons. The first-order valence-corrected chi connectivity index (χ1v) is 5.76. The van der Waals surface area contributed by atoms with Gasteiger partial charge < -0.3 is 5.73 Å². The van der Waals surface area contributed by atoms with Gasteiger partial charge in [-0.2, -0.15) is 0 Å². The highest BCUT2D eigenvalue weighted by Crippen LogP contribution is 2.08. The second-order valence-electron chi connectivity index (χ2n) is 3.55. The highest BCUT2D eigenvalue weighted by atomic mass is 32.2. The Hall–Kier alpha value is -0.700. The van der Waals surface area contributed by atoms with Crippen molar-refractivity contribution in [3.05, 3.63) is 23.3 Å². The van der Waals surface area contributed by atoms with Crippen molar-refractivity contribution in [3.8, 4) is 0 Å². The summed E-state index contributed by atoms with van der Waals surface area (Å²) in [5, 5.41) is 7.23. The van der Waals surface area contributed by atoms with Crippen LogP contribution in [0, 0.1) is 5.41 Å². The van der Waals surface area contributed by atoms with Crippen molar-refractivity contribution in [2.75, 3.05) is 5.75 Å². The maximum absolute atomic E-state index is 7.03. The van der Waals surface area contributed by atoms with Crippen LogP contribution in [0.2, 0.25) is 0 Å². The van der Waals surface area contributed by atoms with Crippen molar-refractivity contribution in [2.45, 2.75) is 33.6 Å². The Labute approximate surface area is 91.2 Å². The van der Waals surface area contributed by atoms with Crippen LogP contribution in [0.1, 0.15) is 33.6 Å². The van der Waals surface area contributed by atoms with Crippen molar-refractivity contribution in [2.24, 2.45) is 5.73 Å². The van der Waals surface area contributed by atoms with Crippen LogP contribution >= 0.6 is 11.8 Å². The van der Waals surface area contributed by atoms with Gasteiger partial charge in [-0.05, 0) is 33.6 Å². The van der Waals surface area contributed by atoms with Gasteiger partial charge in [0, 0.05) is 5.75 Å². The van der Waals surface area contributed by atoms with Crippen LogP contribution in [0.25, 0.3) is 0 Å². The molecule has 0 bridgehead atoms. The highest BCUT2D eigenvalue weighted by Gasteiger charge is 1.90. The molecule has 0 fully saturated rings. The number of rotatable bonds is 5. The van der Waals surface area contributed by atoms with Crippen LogP contribution in [0.3, 0.4) is 0 Å². The zero-order chi connectivity index (χ0) is 11.0. The van der Waals surface area contributed by atoms with Gasteiger partial charge in [-0.25, -0.2) is 0 Å². The lowest BCUT2D eigenvalue weighted by molar-refractivity contribution is 0.964. The summed E-state index contributed by atoms with van der Waals surface area (Å²) >= 11 is 1.37. The SMILES string of the molecule is CC(C)=CCC/C(C)=C/CSC(=N)N. The van der Waals surface area contributed by atoms with Gasteiger partial charge in [0.1, 0.15) is 0 Å². The van der Waals surface area contributed by atoms with Gasteiger partial charge in [-0.3, -0.25) is 5.41 Å². The van der Waals surface area contributed by atoms with Crippen molar-refractivity contribution >= 4 is 16.9 Å². The molecule has 0 aromatic rings. The molecule has 0 saturated heterocycles. The first-order chi connectivity index (χ1) is 6.52. The molecule has 0 amide bonds. The van der Waals surface area contributed by atoms with E-state index in [0.29, 0.717) is 0 Å². The summed E-state index contributed by atoms with van der Waals surface area (Å²) in [4.78, 5) is 0. The van der Waals surface area contributed by atoms with Crippen LogP contribution in [0.5, 0.6) is 0 Å². The second kappa shape index (κ2) is 7.68. The Bertz CT molecular complexity index is 238. The van der Waals surface area contributed by atoms with Crippen molar-refractivity contribution in [3.63, 3.8) is 0 Å². The summed E-state index contributed by atoms with van der Waals surface area (Å²) in [6.07, 6.45) is 6.60. The average molecular weight is 212 g/mol. The number of amidine groups is 1. The van der Waals surface area contributed by atoms with E-state index in [2.05, 4.69) is 32.9 Å². The van der Waals surface area contributed by atoms with E-state index in [1.54, 1.807) is 0 Å². The van der Waals surface area contributed by atoms with Crippen LogP contribution in [-0.4, -0.2) is 10.9 Å². The fraction of sp³-hybridized carbons (Fsp3) is 0.545. The summed E-state index contributed by atoms with van der Waals surface area (Å²) in [7, 11) is 0. The molecule has 3 N–H and O–H groups in total. The molecule has 0 saturated carbocycles. The molecular formula is C11H20N2S. The lowest BCUT2D eigenvalue weighted by atomic mass is 10.1. The lowest BCUT2D eigenvalue weighted by Crippen LogP contribution is -2.03. The molecule has 0 heterocycles. The third kappa shape index (κ3) is 9.39. The van der Waals surface area contributed by atoms with Crippen LogP contribution in [0.4, 0.5) is 0 Å². The zero-order valence-electron chi connectivity index (χ0n) is 9.26. The minimum atomic E-state index is 0.193. The Balaban J connectivity index is 3.67. The Morgan fingerprint density at radius 2 is 1.93 bits per heavy atom. The third-order valence-corrected chi connectivity index (χ3v) is 2.41. The van der Waals surface area contributed by atoms with Gasteiger partial charge in [-0.1, -0.05) is 35.1 Å². The molecule has 14 heavy (non-hydrogen) atoms. The standard InChI is InChI=1S/C11H20N2S/c1-9(2)5-4-6-10(3)7-8-14-11(12)13/h5,7H,4,6,8H2,1-3H3,(H3,12,13)/b10-7+. The topological polar surface area (TPSA) is 49.9 Å². The van der Waals surface area contributed by atoms with E-state index < -0.39 is 0 Å². The van der Waals surface area contributed by atoms with Crippen LogP contribution in [-0.2, 0) is 0 Å². The molecule has 0 aromatic carbocycles. The summed E-state index contributed by atoms with van der Waals surface area (Å²) in [6.45, 7) is 6.36. The fourth-order valence-electron chi connectivity index (χ4n) is 0.964. The van der Waals surface area contributed by atoms with E-state index >= 15 is 0 Å². The van der Waals surface area contributed by atoms with E-state index in [-0.39, 0.29) is 5.17 Å². The van der Waals surface area contributed by atoms with Gasteiger partial charge in [0.05, 0.1) is 0 Å². The van der Waals surface area contributed by atoms with Crippen molar-refractivity contribution in [1.82, 2.24) is 0 Å². The van der Waals surface area contributed by atoms with Crippen LogP contribution in [0.15, 0.2) is 23.3 Å². The number of thioether (sulfide) groups is 1. The van der Waals surface area contributed by atoms with Gasteiger partial charge in [0.15, 0.2) is 5.17 Å². The predicted molar refractivity (Wildman–Crippen MR) is 66.8 cm³/mol. The van der Waals surface area contributed by atoms with Gasteiger partial charge in [0.2, 0.25) is 0 Å². The van der Waals surface area contributed by atoms with Crippen molar-refractivity contribution in [1.29, 1.82) is 5.41 Å². The summed E-state index contributed by atoms with van der Waals surface area (Å²) in [6, 6.07) is 0.